The minimum Gasteiger partial charge on any atom is -0.598 e. The van der Waals surface area contributed by atoms with Crippen molar-refractivity contribution in [3.05, 3.63) is 29.8 Å². The smallest absolute Gasteiger partial charge is 0.136 e. The van der Waals surface area contributed by atoms with Gasteiger partial charge in [0.1, 0.15) is 10.8 Å². The van der Waals surface area contributed by atoms with Gasteiger partial charge in [0.05, 0.1) is 6.61 Å². The highest BCUT2D eigenvalue weighted by Crippen LogP contribution is 2.23. The van der Waals surface area contributed by atoms with Crippen LogP contribution in [0.5, 0.6) is 0 Å². The zero-order valence-electron chi connectivity index (χ0n) is 12.0. The lowest BCUT2D eigenvalue weighted by Crippen LogP contribution is -2.42. The molecule has 0 aliphatic carbocycles. The van der Waals surface area contributed by atoms with Crippen LogP contribution in [0.25, 0.3) is 0 Å². The fourth-order valence-electron chi connectivity index (χ4n) is 1.48. The number of hydrogen-bond acceptors (Lipinski definition) is 4. The van der Waals surface area contributed by atoms with Gasteiger partial charge in [-0.25, -0.2) is 0 Å². The third-order valence-electron chi connectivity index (χ3n) is 2.58. The molecule has 1 aromatic carbocycles. The molecule has 0 saturated carbocycles. The van der Waals surface area contributed by atoms with Crippen molar-refractivity contribution < 1.29 is 9.66 Å². The van der Waals surface area contributed by atoms with Crippen LogP contribution in [-0.4, -0.2) is 26.8 Å². The van der Waals surface area contributed by atoms with Crippen molar-refractivity contribution in [2.45, 2.75) is 43.4 Å². The van der Waals surface area contributed by atoms with E-state index >= 15 is 0 Å². The van der Waals surface area contributed by atoms with Crippen molar-refractivity contribution in [1.29, 1.82) is 0 Å². The van der Waals surface area contributed by atoms with Crippen LogP contribution in [0, 0.1) is 0 Å². The highest BCUT2D eigenvalue weighted by molar-refractivity contribution is 7.99. The van der Waals surface area contributed by atoms with Crippen molar-refractivity contribution in [2.24, 2.45) is 0 Å². The molecule has 3 nitrogen and oxygen atoms in total. The van der Waals surface area contributed by atoms with Gasteiger partial charge in [0.25, 0.3) is 0 Å². The fraction of sp³-hybridized carbons (Fsp3) is 0.571. The van der Waals surface area contributed by atoms with Gasteiger partial charge in [0.15, 0.2) is 0 Å². The largest absolute Gasteiger partial charge is 0.598 e. The molecule has 1 aromatic rings. The molecule has 0 heterocycles. The molecule has 2 atom stereocenters. The Bertz CT molecular complexity index is 376. The molecule has 0 bridgehead atoms. The first-order valence-electron chi connectivity index (χ1n) is 6.40. The first-order valence-corrected chi connectivity index (χ1v) is 8.53. The number of aliphatic hydroxyl groups is 1. The second kappa shape index (κ2) is 7.55. The molecule has 19 heavy (non-hydrogen) atoms. The lowest BCUT2D eigenvalue weighted by Gasteiger charge is -2.27. The Morgan fingerprint density at radius 2 is 1.89 bits per heavy atom. The lowest BCUT2D eigenvalue weighted by molar-refractivity contribution is 0.258. The second-order valence-corrected chi connectivity index (χ2v) is 8.57. The molecule has 0 radical (unpaired) electrons. The minimum atomic E-state index is -1.19. The van der Waals surface area contributed by atoms with Crippen LogP contribution in [0.1, 0.15) is 39.3 Å². The zero-order chi connectivity index (χ0) is 14.5. The van der Waals surface area contributed by atoms with Crippen LogP contribution in [0.3, 0.4) is 0 Å². The van der Waals surface area contributed by atoms with E-state index in [0.717, 1.165) is 11.3 Å². The summed E-state index contributed by atoms with van der Waals surface area (Å²) in [6.45, 7) is 7.77. The predicted octanol–water partition coefficient (Wildman–Crippen LogP) is 2.88. The Labute approximate surface area is 123 Å². The summed E-state index contributed by atoms with van der Waals surface area (Å²) in [5, 5.41) is 9.46. The summed E-state index contributed by atoms with van der Waals surface area (Å²) in [5.41, 5.74) is 0.959. The Hall–Kier alpha value is -0.200. The maximum Gasteiger partial charge on any atom is 0.136 e. The average molecular weight is 301 g/mol. The Morgan fingerprint density at radius 3 is 2.32 bits per heavy atom. The van der Waals surface area contributed by atoms with E-state index in [0.29, 0.717) is 0 Å². The SMILES string of the molecule is CCSc1ccc(C(CO)N[S@+]([O-])C(C)(C)C)cc1. The van der Waals surface area contributed by atoms with Gasteiger partial charge in [-0.1, -0.05) is 19.1 Å². The summed E-state index contributed by atoms with van der Waals surface area (Å²) < 4.78 is 14.7. The van der Waals surface area contributed by atoms with Crippen LogP contribution >= 0.6 is 11.8 Å². The van der Waals surface area contributed by atoms with Crippen molar-refractivity contribution in [2.75, 3.05) is 12.4 Å². The number of thioether (sulfide) groups is 1. The van der Waals surface area contributed by atoms with Crippen molar-refractivity contribution in [3.8, 4) is 0 Å². The zero-order valence-corrected chi connectivity index (χ0v) is 13.6. The van der Waals surface area contributed by atoms with Gasteiger partial charge in [0.2, 0.25) is 0 Å². The van der Waals surface area contributed by atoms with E-state index in [4.69, 9.17) is 0 Å². The van der Waals surface area contributed by atoms with Gasteiger partial charge < -0.3 is 9.66 Å². The molecule has 0 aromatic heterocycles. The quantitative estimate of drug-likeness (QED) is 0.626. The maximum absolute atomic E-state index is 12.1. The van der Waals surface area contributed by atoms with Crippen molar-refractivity contribution >= 4 is 23.1 Å². The number of hydrogen-bond donors (Lipinski definition) is 2. The van der Waals surface area contributed by atoms with Crippen LogP contribution < -0.4 is 4.72 Å². The predicted molar refractivity (Wildman–Crippen MR) is 83.7 cm³/mol. The fourth-order valence-corrected chi connectivity index (χ4v) is 2.96. The van der Waals surface area contributed by atoms with Crippen LogP contribution in [0.15, 0.2) is 29.2 Å². The van der Waals surface area contributed by atoms with Gasteiger partial charge in [-0.15, -0.1) is 16.5 Å². The molecule has 1 rings (SSSR count). The van der Waals surface area contributed by atoms with E-state index in [1.807, 2.05) is 45.0 Å². The first kappa shape index (κ1) is 16.9. The Kier molecular flexibility index (Phi) is 6.69. The Balaban J connectivity index is 2.74. The Morgan fingerprint density at radius 1 is 1.32 bits per heavy atom. The molecule has 0 amide bonds. The van der Waals surface area contributed by atoms with Gasteiger partial charge in [0, 0.05) is 16.3 Å². The number of aliphatic hydroxyl groups excluding tert-OH is 1. The van der Waals surface area contributed by atoms with Gasteiger partial charge in [-0.05, 0) is 44.2 Å². The third-order valence-corrected chi connectivity index (χ3v) is 5.09. The summed E-state index contributed by atoms with van der Waals surface area (Å²) in [4.78, 5) is 1.21. The lowest BCUT2D eigenvalue weighted by atomic mass is 10.1. The molecule has 0 aliphatic rings. The number of benzene rings is 1. The van der Waals surface area contributed by atoms with Crippen molar-refractivity contribution in [1.82, 2.24) is 4.72 Å². The van der Waals surface area contributed by atoms with Crippen LogP contribution in [0.2, 0.25) is 0 Å². The molecule has 2 N–H and O–H groups in total. The van der Waals surface area contributed by atoms with E-state index in [9.17, 15) is 9.66 Å². The number of nitrogens with one attached hydrogen (secondary N) is 1. The summed E-state index contributed by atoms with van der Waals surface area (Å²) in [5.74, 6) is 1.04. The van der Waals surface area contributed by atoms with Crippen molar-refractivity contribution in [3.63, 3.8) is 0 Å². The molecule has 5 heteroatoms. The molecule has 0 saturated heterocycles. The van der Waals surface area contributed by atoms with Crippen LogP contribution in [0.4, 0.5) is 0 Å². The normalized spacial score (nSPS) is 15.3. The molecular weight excluding hydrogens is 278 g/mol. The summed E-state index contributed by atoms with van der Waals surface area (Å²) in [7, 11) is 0. The van der Waals surface area contributed by atoms with Gasteiger partial charge in [-0.3, -0.25) is 0 Å². The molecular formula is C14H23NO2S2. The van der Waals surface area contributed by atoms with E-state index in [1.54, 1.807) is 11.8 Å². The topological polar surface area (TPSA) is 55.3 Å². The van der Waals surface area contributed by atoms with Gasteiger partial charge >= 0.3 is 0 Å². The van der Waals surface area contributed by atoms with Gasteiger partial charge in [-0.2, -0.15) is 0 Å². The highest BCUT2D eigenvalue weighted by atomic mass is 32.2. The van der Waals surface area contributed by atoms with E-state index in [2.05, 4.69) is 11.6 Å². The monoisotopic (exact) mass is 301 g/mol. The maximum atomic E-state index is 12.1. The molecule has 108 valence electrons. The highest BCUT2D eigenvalue weighted by Gasteiger charge is 2.29. The van der Waals surface area contributed by atoms with E-state index in [-0.39, 0.29) is 17.4 Å². The van der Waals surface area contributed by atoms with E-state index < -0.39 is 11.4 Å². The van der Waals surface area contributed by atoms with E-state index in [1.165, 1.54) is 4.90 Å². The standard InChI is InChI=1S/C14H23NO2S2/c1-5-18-12-8-6-11(7-9-12)13(10-16)15-19(17)14(2,3)4/h6-9,13,15-16H,5,10H2,1-4H3/t13?,19-/m1/s1. The third kappa shape index (κ3) is 5.36. The molecule has 0 aliphatic heterocycles. The van der Waals surface area contributed by atoms with Crippen LogP contribution in [-0.2, 0) is 11.4 Å². The summed E-state index contributed by atoms with van der Waals surface area (Å²) in [6.07, 6.45) is 0. The summed E-state index contributed by atoms with van der Waals surface area (Å²) in [6, 6.07) is 7.74. The molecule has 1 unspecified atom stereocenters. The number of rotatable bonds is 6. The minimum absolute atomic E-state index is 0.0674. The molecule has 0 spiro atoms. The summed E-state index contributed by atoms with van der Waals surface area (Å²) >= 11 is 0.587. The average Bonchev–Trinajstić information content (AvgIpc) is 2.36. The first-order chi connectivity index (χ1) is 8.88. The molecule has 0 fully saturated rings. The second-order valence-electron chi connectivity index (χ2n) is 5.24.